The predicted molar refractivity (Wildman–Crippen MR) is 148 cm³/mol. The number of sulfonamides is 1. The van der Waals surface area contributed by atoms with Crippen molar-refractivity contribution in [3.05, 3.63) is 89.7 Å². The second-order valence-electron chi connectivity index (χ2n) is 8.69. The Hall–Kier alpha value is -4.81. The molecule has 0 unspecified atom stereocenters. The summed E-state index contributed by atoms with van der Waals surface area (Å²) in [6, 6.07) is 20.3. The molecule has 0 bridgehead atoms. The number of aromatic nitrogens is 6. The number of pyridine rings is 1. The number of hydrogen-bond acceptors (Lipinski definition) is 7. The normalized spacial score (nSPS) is 11.6. The van der Waals surface area contributed by atoms with E-state index in [1.165, 1.54) is 6.07 Å². The van der Waals surface area contributed by atoms with Crippen LogP contribution < -0.4 is 10.0 Å². The van der Waals surface area contributed by atoms with Crippen LogP contribution in [0.4, 0.5) is 11.4 Å². The number of benzene rings is 3. The molecule has 3 aromatic heterocycles. The van der Waals surface area contributed by atoms with Crippen LogP contribution in [0.25, 0.3) is 33.2 Å². The number of anilines is 2. The summed E-state index contributed by atoms with van der Waals surface area (Å²) in [6.07, 6.45) is 1.55. The molecule has 6 aromatic rings. The number of amides is 1. The second kappa shape index (κ2) is 9.49. The zero-order chi connectivity index (χ0) is 27.1. The third-order valence-electron chi connectivity index (χ3n) is 6.25. The van der Waals surface area contributed by atoms with Crippen molar-refractivity contribution in [1.29, 1.82) is 0 Å². The number of H-pyrrole nitrogens is 1. The molecular formula is C26H19ClN8O3S. The van der Waals surface area contributed by atoms with E-state index in [9.17, 15) is 13.2 Å². The van der Waals surface area contributed by atoms with Crippen LogP contribution in [0, 0.1) is 0 Å². The van der Waals surface area contributed by atoms with Crippen molar-refractivity contribution in [1.82, 2.24) is 30.2 Å². The minimum Gasteiger partial charge on any atom is -0.340 e. The number of tetrazole rings is 1. The highest BCUT2D eigenvalue weighted by Gasteiger charge is 2.20. The largest absolute Gasteiger partial charge is 0.340 e. The standard InChI is InChI=1S/C26H19ClN8O3S/c1-35-21-14-18(32-39(37,38)23-6-2-4-15-5-3-11-28-24(15)23)9-7-16(21)12-22(35)26(36)29-20-10-8-17(27)13-19(20)25-30-33-34-31-25/h2-14,32H,1H3,(H,29,36)(H,30,31,33,34). The fourth-order valence-electron chi connectivity index (χ4n) is 4.40. The lowest BCUT2D eigenvalue weighted by Crippen LogP contribution is -2.16. The minimum absolute atomic E-state index is 0.0772. The molecule has 0 spiro atoms. The molecule has 0 fully saturated rings. The van der Waals surface area contributed by atoms with Crippen LogP contribution in [0.5, 0.6) is 0 Å². The summed E-state index contributed by atoms with van der Waals surface area (Å²) in [6.45, 7) is 0. The molecule has 0 atom stereocenters. The monoisotopic (exact) mass is 558 g/mol. The van der Waals surface area contributed by atoms with Crippen LogP contribution >= 0.6 is 11.6 Å². The van der Waals surface area contributed by atoms with Gasteiger partial charge in [0.2, 0.25) is 0 Å². The van der Waals surface area contributed by atoms with Crippen LogP contribution in [0.15, 0.2) is 83.9 Å². The van der Waals surface area contributed by atoms with E-state index in [4.69, 9.17) is 11.6 Å². The molecule has 0 aliphatic heterocycles. The number of aromatic amines is 1. The summed E-state index contributed by atoms with van der Waals surface area (Å²) in [7, 11) is -2.20. The third-order valence-corrected chi connectivity index (χ3v) is 7.89. The molecular weight excluding hydrogens is 540 g/mol. The zero-order valence-corrected chi connectivity index (χ0v) is 21.8. The Balaban J connectivity index is 1.31. The number of carbonyl (C=O) groups excluding carboxylic acids is 1. The first-order valence-corrected chi connectivity index (χ1v) is 13.5. The molecule has 0 saturated carbocycles. The van der Waals surface area contributed by atoms with Gasteiger partial charge in [-0.15, -0.1) is 5.10 Å². The molecule has 0 saturated heterocycles. The van der Waals surface area contributed by atoms with Gasteiger partial charge in [-0.1, -0.05) is 35.9 Å². The van der Waals surface area contributed by atoms with E-state index in [1.54, 1.807) is 84.5 Å². The van der Waals surface area contributed by atoms with E-state index in [0.29, 0.717) is 44.5 Å². The minimum atomic E-state index is -3.93. The number of nitrogens with one attached hydrogen (secondary N) is 3. The summed E-state index contributed by atoms with van der Waals surface area (Å²) in [5, 5.41) is 18.6. The quantitative estimate of drug-likeness (QED) is 0.270. The highest BCUT2D eigenvalue weighted by molar-refractivity contribution is 7.93. The van der Waals surface area contributed by atoms with Gasteiger partial charge in [-0.3, -0.25) is 14.5 Å². The highest BCUT2D eigenvalue weighted by Crippen LogP contribution is 2.30. The van der Waals surface area contributed by atoms with E-state index in [-0.39, 0.29) is 10.8 Å². The molecule has 0 radical (unpaired) electrons. The first-order chi connectivity index (χ1) is 18.8. The summed E-state index contributed by atoms with van der Waals surface area (Å²) in [5.41, 5.74) is 2.74. The topological polar surface area (TPSA) is 148 Å². The molecule has 3 N–H and O–H groups in total. The lowest BCUT2D eigenvalue weighted by Gasteiger charge is -2.11. The average Bonchev–Trinajstić information content (AvgIpc) is 3.58. The molecule has 194 valence electrons. The van der Waals surface area contributed by atoms with Crippen molar-refractivity contribution in [3.63, 3.8) is 0 Å². The Morgan fingerprint density at radius 1 is 1.00 bits per heavy atom. The smallest absolute Gasteiger partial charge is 0.272 e. The Morgan fingerprint density at radius 3 is 2.67 bits per heavy atom. The lowest BCUT2D eigenvalue weighted by atomic mass is 10.1. The molecule has 3 aromatic carbocycles. The van der Waals surface area contributed by atoms with Crippen molar-refractivity contribution in [2.45, 2.75) is 4.90 Å². The van der Waals surface area contributed by atoms with Gasteiger partial charge in [0.25, 0.3) is 15.9 Å². The Bertz CT molecular complexity index is 1980. The maximum Gasteiger partial charge on any atom is 0.272 e. The van der Waals surface area contributed by atoms with Gasteiger partial charge in [0.1, 0.15) is 10.6 Å². The Labute approximate surface area is 226 Å². The first kappa shape index (κ1) is 24.5. The molecule has 11 nitrogen and oxygen atoms in total. The van der Waals surface area contributed by atoms with Gasteiger partial charge in [-0.2, -0.15) is 0 Å². The lowest BCUT2D eigenvalue weighted by molar-refractivity contribution is 0.101. The van der Waals surface area contributed by atoms with Gasteiger partial charge in [-0.05, 0) is 59.0 Å². The molecule has 1 amide bonds. The van der Waals surface area contributed by atoms with Gasteiger partial charge in [0, 0.05) is 34.6 Å². The number of aryl methyl sites for hydroxylation is 1. The van der Waals surface area contributed by atoms with Gasteiger partial charge >= 0.3 is 0 Å². The van der Waals surface area contributed by atoms with Crippen molar-refractivity contribution in [2.75, 3.05) is 10.0 Å². The van der Waals surface area contributed by atoms with Crippen molar-refractivity contribution < 1.29 is 13.2 Å². The van der Waals surface area contributed by atoms with Gasteiger partial charge in [0.05, 0.1) is 22.4 Å². The maximum absolute atomic E-state index is 13.3. The predicted octanol–water partition coefficient (Wildman–Crippen LogP) is 4.61. The number of hydrogen-bond donors (Lipinski definition) is 3. The molecule has 3 heterocycles. The van der Waals surface area contributed by atoms with Crippen molar-refractivity contribution in [2.24, 2.45) is 7.05 Å². The number of nitrogens with zero attached hydrogens (tertiary/aromatic N) is 5. The molecule has 39 heavy (non-hydrogen) atoms. The summed E-state index contributed by atoms with van der Waals surface area (Å²) in [5.74, 6) is -0.0307. The molecule has 0 aliphatic carbocycles. The fourth-order valence-corrected chi connectivity index (χ4v) is 5.80. The molecule has 0 aliphatic rings. The Kier molecular flexibility index (Phi) is 5.97. The van der Waals surface area contributed by atoms with Crippen LogP contribution in [0.2, 0.25) is 5.02 Å². The number of carbonyl (C=O) groups is 1. The van der Waals surface area contributed by atoms with E-state index >= 15 is 0 Å². The van der Waals surface area contributed by atoms with E-state index < -0.39 is 10.0 Å². The first-order valence-electron chi connectivity index (χ1n) is 11.6. The SMILES string of the molecule is Cn1c(C(=O)Nc2ccc(Cl)cc2-c2nnn[nH]2)cc2ccc(NS(=O)(=O)c3cccc4cccnc34)cc21. The van der Waals surface area contributed by atoms with Crippen LogP contribution in [-0.2, 0) is 17.1 Å². The van der Waals surface area contributed by atoms with E-state index in [2.05, 4.69) is 35.6 Å². The van der Waals surface area contributed by atoms with Gasteiger partial charge in [-0.25, -0.2) is 13.5 Å². The van der Waals surface area contributed by atoms with Gasteiger partial charge < -0.3 is 9.88 Å². The van der Waals surface area contributed by atoms with Crippen LogP contribution in [0.1, 0.15) is 10.5 Å². The average molecular weight is 559 g/mol. The van der Waals surface area contributed by atoms with Crippen LogP contribution in [-0.4, -0.2) is 44.5 Å². The van der Waals surface area contributed by atoms with E-state index in [0.717, 1.165) is 10.8 Å². The second-order valence-corrected chi connectivity index (χ2v) is 10.8. The third kappa shape index (κ3) is 4.56. The van der Waals surface area contributed by atoms with Gasteiger partial charge in [0.15, 0.2) is 5.82 Å². The zero-order valence-electron chi connectivity index (χ0n) is 20.3. The Morgan fingerprint density at radius 2 is 1.85 bits per heavy atom. The molecule has 13 heteroatoms. The number of fused-ring (bicyclic) bond motifs is 2. The van der Waals surface area contributed by atoms with Crippen molar-refractivity contribution in [3.8, 4) is 11.4 Å². The van der Waals surface area contributed by atoms with E-state index in [1.807, 2.05) is 0 Å². The number of halogens is 1. The maximum atomic E-state index is 13.3. The summed E-state index contributed by atoms with van der Waals surface area (Å²) < 4.78 is 30.8. The van der Waals surface area contributed by atoms with Crippen molar-refractivity contribution >= 4 is 60.7 Å². The fraction of sp³-hybridized carbons (Fsp3) is 0.0385. The number of para-hydroxylation sites is 1. The summed E-state index contributed by atoms with van der Waals surface area (Å²) in [4.78, 5) is 17.6. The van der Waals surface area contributed by atoms with Crippen LogP contribution in [0.3, 0.4) is 0 Å². The highest BCUT2D eigenvalue weighted by atomic mass is 35.5. The summed E-state index contributed by atoms with van der Waals surface area (Å²) >= 11 is 6.14. The number of rotatable bonds is 6. The molecule has 6 rings (SSSR count).